The Kier molecular flexibility index (Phi) is 2.33. The van der Waals surface area contributed by atoms with Crippen LogP contribution in [-0.2, 0) is 11.2 Å². The molecule has 0 saturated heterocycles. The van der Waals surface area contributed by atoms with Gasteiger partial charge in [0.1, 0.15) is 6.20 Å². The summed E-state index contributed by atoms with van der Waals surface area (Å²) in [5.74, 6) is 0. The fourth-order valence-corrected chi connectivity index (χ4v) is 1.90. The summed E-state index contributed by atoms with van der Waals surface area (Å²) < 4.78 is 11.7. The summed E-state index contributed by atoms with van der Waals surface area (Å²) >= 11 is -1.21. The van der Waals surface area contributed by atoms with Gasteiger partial charge in [-0.15, -0.1) is 0 Å². The number of benzene rings is 1. The minimum atomic E-state index is -1.21. The molecule has 0 bridgehead atoms. The standard InChI is InChI=1S/C9H7N2OS/c12-13(9-10-6-7-11-9)8-4-2-1-3-5-8/h1-6H,(H,10,11). The Morgan fingerprint density at radius 3 is 2.69 bits per heavy atom. The van der Waals surface area contributed by atoms with Gasteiger partial charge in [0.15, 0.2) is 4.90 Å². The molecule has 2 aromatic rings. The van der Waals surface area contributed by atoms with Crippen molar-refractivity contribution in [3.8, 4) is 0 Å². The zero-order chi connectivity index (χ0) is 9.10. The fraction of sp³-hybridized carbons (Fsp3) is 0. The first-order chi connectivity index (χ1) is 6.38. The molecule has 13 heavy (non-hydrogen) atoms. The highest BCUT2D eigenvalue weighted by Gasteiger charge is 2.16. The molecule has 4 heteroatoms. The molecule has 0 aliphatic rings. The molecule has 1 heterocycles. The zero-order valence-electron chi connectivity index (χ0n) is 6.73. The van der Waals surface area contributed by atoms with Crippen molar-refractivity contribution in [1.82, 2.24) is 9.97 Å². The van der Waals surface area contributed by atoms with Gasteiger partial charge in [-0.2, -0.15) is 4.98 Å². The molecule has 1 radical (unpaired) electrons. The first kappa shape index (κ1) is 8.34. The van der Waals surface area contributed by atoms with Crippen molar-refractivity contribution in [1.29, 1.82) is 0 Å². The monoisotopic (exact) mass is 191 g/mol. The van der Waals surface area contributed by atoms with E-state index in [9.17, 15) is 4.55 Å². The van der Waals surface area contributed by atoms with Crippen LogP contribution >= 0.6 is 0 Å². The predicted octanol–water partition coefficient (Wildman–Crippen LogP) is 1.38. The molecule has 1 N–H and O–H groups in total. The van der Waals surface area contributed by atoms with Crippen LogP contribution in [0.1, 0.15) is 0 Å². The molecular weight excluding hydrogens is 184 g/mol. The molecule has 1 atom stereocenters. The maximum atomic E-state index is 11.7. The van der Waals surface area contributed by atoms with Crippen LogP contribution < -0.4 is 0 Å². The lowest BCUT2D eigenvalue weighted by molar-refractivity contribution is 0.588. The van der Waals surface area contributed by atoms with Crippen LogP contribution in [0.2, 0.25) is 0 Å². The normalized spacial score (nSPS) is 12.7. The van der Waals surface area contributed by atoms with Crippen molar-refractivity contribution in [2.75, 3.05) is 0 Å². The molecule has 2 rings (SSSR count). The van der Waals surface area contributed by atoms with E-state index in [4.69, 9.17) is 0 Å². The number of nitrogens with one attached hydrogen (secondary N) is 1. The lowest BCUT2D eigenvalue weighted by Gasteiger charge is -2.04. The van der Waals surface area contributed by atoms with Crippen LogP contribution in [0.25, 0.3) is 0 Å². The topological polar surface area (TPSA) is 51.7 Å². The summed E-state index contributed by atoms with van der Waals surface area (Å²) in [6.07, 6.45) is 4.12. The molecule has 0 amide bonds. The van der Waals surface area contributed by atoms with Gasteiger partial charge in [-0.1, -0.05) is 18.2 Å². The second-order valence-electron chi connectivity index (χ2n) is 2.42. The smallest absolute Gasteiger partial charge is 0.327 e. The van der Waals surface area contributed by atoms with Crippen molar-refractivity contribution in [3.05, 3.63) is 42.7 Å². The Morgan fingerprint density at radius 2 is 2.08 bits per heavy atom. The first-order valence-corrected chi connectivity index (χ1v) is 4.91. The van der Waals surface area contributed by atoms with Gasteiger partial charge >= 0.3 is 5.16 Å². The summed E-state index contributed by atoms with van der Waals surface area (Å²) in [7, 11) is 0. The lowest BCUT2D eigenvalue weighted by Crippen LogP contribution is -2.03. The van der Waals surface area contributed by atoms with Gasteiger partial charge in [-0.05, 0) is 12.1 Å². The van der Waals surface area contributed by atoms with E-state index >= 15 is 0 Å². The van der Waals surface area contributed by atoms with Crippen LogP contribution in [0.3, 0.4) is 0 Å². The van der Waals surface area contributed by atoms with Gasteiger partial charge in [0, 0.05) is 6.20 Å². The number of hydrogen-bond donors (Lipinski definition) is 1. The Hall–Kier alpha value is -1.26. The highest BCUT2D eigenvalue weighted by atomic mass is 32.2. The minimum Gasteiger partial charge on any atom is -0.604 e. The van der Waals surface area contributed by atoms with Gasteiger partial charge in [-0.3, -0.25) is 0 Å². The van der Waals surface area contributed by atoms with E-state index in [1.54, 1.807) is 12.1 Å². The molecule has 1 unspecified atom stereocenters. The highest BCUT2D eigenvalue weighted by molar-refractivity contribution is 7.91. The fourth-order valence-electron chi connectivity index (χ4n) is 0.968. The third-order valence-electron chi connectivity index (χ3n) is 1.56. The molecular formula is C9H7N2OS. The molecule has 0 fully saturated rings. The van der Waals surface area contributed by atoms with E-state index in [2.05, 4.69) is 16.2 Å². The van der Waals surface area contributed by atoms with Crippen molar-refractivity contribution >= 4 is 11.2 Å². The van der Waals surface area contributed by atoms with E-state index in [1.165, 1.54) is 6.20 Å². The van der Waals surface area contributed by atoms with Crippen molar-refractivity contribution in [2.24, 2.45) is 0 Å². The Morgan fingerprint density at radius 1 is 1.31 bits per heavy atom. The maximum absolute atomic E-state index is 11.7. The third kappa shape index (κ3) is 1.74. The number of aromatic amines is 1. The third-order valence-corrected chi connectivity index (χ3v) is 2.82. The molecule has 1 aromatic carbocycles. The molecule has 65 valence electrons. The molecule has 0 saturated carbocycles. The lowest BCUT2D eigenvalue weighted by atomic mass is 10.4. The first-order valence-electron chi connectivity index (χ1n) is 3.76. The Labute approximate surface area is 79.0 Å². The molecule has 0 spiro atoms. The van der Waals surface area contributed by atoms with Crippen molar-refractivity contribution in [3.63, 3.8) is 0 Å². The summed E-state index contributed by atoms with van der Waals surface area (Å²) in [6, 6.07) is 9.19. The SMILES string of the molecule is [O-][S+](c1ccccc1)c1n[c]c[nH]1. The van der Waals surface area contributed by atoms with Gasteiger partial charge in [0.2, 0.25) is 0 Å². The number of H-pyrrole nitrogens is 1. The van der Waals surface area contributed by atoms with E-state index in [0.29, 0.717) is 5.16 Å². The molecule has 0 aliphatic carbocycles. The number of hydrogen-bond acceptors (Lipinski definition) is 2. The van der Waals surface area contributed by atoms with Crippen LogP contribution in [0.15, 0.2) is 46.6 Å². The second kappa shape index (κ2) is 3.64. The maximum Gasteiger partial charge on any atom is 0.327 e. The van der Waals surface area contributed by atoms with Crippen LogP contribution in [0, 0.1) is 6.20 Å². The molecule has 1 aromatic heterocycles. The van der Waals surface area contributed by atoms with Crippen LogP contribution in [-0.4, -0.2) is 14.5 Å². The number of imidazole rings is 1. The van der Waals surface area contributed by atoms with Gasteiger partial charge < -0.3 is 9.54 Å². The molecule has 0 aliphatic heterocycles. The highest BCUT2D eigenvalue weighted by Crippen LogP contribution is 2.15. The van der Waals surface area contributed by atoms with Gasteiger partial charge in [0.05, 0.1) is 11.2 Å². The average molecular weight is 191 g/mol. The Bertz CT molecular complexity index is 360. The van der Waals surface area contributed by atoms with Gasteiger partial charge in [0.25, 0.3) is 0 Å². The van der Waals surface area contributed by atoms with Gasteiger partial charge in [-0.25, -0.2) is 0 Å². The number of aromatic nitrogens is 2. The number of nitrogens with zero attached hydrogens (tertiary/aromatic N) is 1. The summed E-state index contributed by atoms with van der Waals surface area (Å²) in [4.78, 5) is 7.32. The summed E-state index contributed by atoms with van der Waals surface area (Å²) in [6.45, 7) is 0. The molecule has 3 nitrogen and oxygen atoms in total. The largest absolute Gasteiger partial charge is 0.604 e. The minimum absolute atomic E-state index is 0.436. The number of rotatable bonds is 2. The van der Waals surface area contributed by atoms with Crippen molar-refractivity contribution < 1.29 is 4.55 Å². The van der Waals surface area contributed by atoms with E-state index in [-0.39, 0.29) is 0 Å². The van der Waals surface area contributed by atoms with E-state index < -0.39 is 11.2 Å². The second-order valence-corrected chi connectivity index (χ2v) is 3.81. The van der Waals surface area contributed by atoms with E-state index in [1.807, 2.05) is 18.2 Å². The zero-order valence-corrected chi connectivity index (χ0v) is 7.54. The van der Waals surface area contributed by atoms with Crippen molar-refractivity contribution in [2.45, 2.75) is 10.1 Å². The van der Waals surface area contributed by atoms with Crippen LogP contribution in [0.4, 0.5) is 0 Å². The summed E-state index contributed by atoms with van der Waals surface area (Å²) in [5, 5.41) is 0.436. The Balaban J connectivity index is 2.29. The quantitative estimate of drug-likeness (QED) is 0.729. The predicted molar refractivity (Wildman–Crippen MR) is 48.5 cm³/mol. The van der Waals surface area contributed by atoms with E-state index in [0.717, 1.165) is 4.90 Å². The summed E-state index contributed by atoms with van der Waals surface area (Å²) in [5.41, 5.74) is 0. The van der Waals surface area contributed by atoms with Crippen LogP contribution in [0.5, 0.6) is 0 Å². The average Bonchev–Trinajstić information content (AvgIpc) is 2.71.